The molecule has 1 saturated heterocycles. The van der Waals surface area contributed by atoms with E-state index >= 15 is 0 Å². The molecule has 0 bridgehead atoms. The third-order valence-corrected chi connectivity index (χ3v) is 4.65. The summed E-state index contributed by atoms with van der Waals surface area (Å²) in [4.78, 5) is 26.2. The van der Waals surface area contributed by atoms with Crippen LogP contribution >= 0.6 is 12.6 Å². The molecule has 0 spiro atoms. The fourth-order valence-corrected chi connectivity index (χ4v) is 3.55. The topological polar surface area (TPSA) is 37.4 Å². The maximum Gasteiger partial charge on any atom is 0.235 e. The van der Waals surface area contributed by atoms with Gasteiger partial charge in [0.05, 0.1) is 12.0 Å². The Morgan fingerprint density at radius 1 is 1.04 bits per heavy atom. The lowest BCUT2D eigenvalue weighted by atomic mass is 9.90. The first-order chi connectivity index (χ1) is 11.2. The summed E-state index contributed by atoms with van der Waals surface area (Å²) >= 11 is 4.45. The normalized spacial score (nSPS) is 20.7. The van der Waals surface area contributed by atoms with Crippen molar-refractivity contribution in [1.29, 1.82) is 0 Å². The third kappa shape index (κ3) is 3.32. The second-order valence-electron chi connectivity index (χ2n) is 5.84. The lowest BCUT2D eigenvalue weighted by Crippen LogP contribution is -2.40. The van der Waals surface area contributed by atoms with E-state index in [1.165, 1.54) is 0 Å². The SMILES string of the molecule is O=C[C@@H]1C[C@H](S)CN1C(=O)C(c1ccccc1)c1ccccc1. The molecule has 23 heavy (non-hydrogen) atoms. The minimum absolute atomic E-state index is 0.0314. The third-order valence-electron chi connectivity index (χ3n) is 4.27. The van der Waals surface area contributed by atoms with E-state index in [9.17, 15) is 9.59 Å². The summed E-state index contributed by atoms with van der Waals surface area (Å²) in [6.45, 7) is 0.515. The quantitative estimate of drug-likeness (QED) is 0.693. The van der Waals surface area contributed by atoms with Crippen LogP contribution in [0.1, 0.15) is 23.5 Å². The summed E-state index contributed by atoms with van der Waals surface area (Å²) < 4.78 is 0. The Labute approximate surface area is 141 Å². The van der Waals surface area contributed by atoms with E-state index in [1.807, 2.05) is 60.7 Å². The van der Waals surface area contributed by atoms with Crippen LogP contribution in [0.15, 0.2) is 60.7 Å². The lowest BCUT2D eigenvalue weighted by Gasteiger charge is -2.27. The molecule has 1 amide bonds. The van der Waals surface area contributed by atoms with Gasteiger partial charge in [-0.3, -0.25) is 4.79 Å². The molecule has 1 fully saturated rings. The summed E-state index contributed by atoms with van der Waals surface area (Å²) in [6.07, 6.45) is 1.48. The number of carbonyl (C=O) groups excluding carboxylic acids is 2. The largest absolute Gasteiger partial charge is 0.331 e. The number of hydrogen-bond acceptors (Lipinski definition) is 3. The molecule has 0 saturated carbocycles. The maximum atomic E-state index is 13.2. The Kier molecular flexibility index (Phi) is 4.82. The average molecular weight is 325 g/mol. The summed E-state index contributed by atoms with van der Waals surface area (Å²) in [7, 11) is 0. The number of hydrogen-bond donors (Lipinski definition) is 1. The Morgan fingerprint density at radius 2 is 1.57 bits per heavy atom. The van der Waals surface area contributed by atoms with E-state index < -0.39 is 5.92 Å². The van der Waals surface area contributed by atoms with Crippen molar-refractivity contribution in [1.82, 2.24) is 4.90 Å². The van der Waals surface area contributed by atoms with E-state index in [2.05, 4.69) is 12.6 Å². The zero-order valence-electron chi connectivity index (χ0n) is 12.7. The molecular formula is C19H19NO2S. The molecule has 118 valence electrons. The van der Waals surface area contributed by atoms with E-state index in [0.29, 0.717) is 13.0 Å². The van der Waals surface area contributed by atoms with Crippen molar-refractivity contribution in [3.05, 3.63) is 71.8 Å². The molecular weight excluding hydrogens is 306 g/mol. The Bertz CT molecular complexity index is 635. The van der Waals surface area contributed by atoms with Crippen LogP contribution in [0.25, 0.3) is 0 Å². The molecule has 0 aliphatic carbocycles. The number of rotatable bonds is 4. The Balaban J connectivity index is 1.99. The highest BCUT2D eigenvalue weighted by Crippen LogP contribution is 2.30. The van der Waals surface area contributed by atoms with E-state index in [1.54, 1.807) is 4.90 Å². The monoisotopic (exact) mass is 325 g/mol. The molecule has 1 aliphatic heterocycles. The molecule has 0 aromatic heterocycles. The standard InChI is InChI=1S/C19H19NO2S/c21-13-16-11-17(23)12-20(16)19(22)18(14-7-3-1-4-8-14)15-9-5-2-6-10-15/h1-10,13,16-18,23H,11-12H2/t16-,17-/m0/s1. The number of thiol groups is 1. The zero-order valence-corrected chi connectivity index (χ0v) is 13.6. The van der Waals surface area contributed by atoms with Crippen LogP contribution in [-0.4, -0.2) is 34.9 Å². The van der Waals surface area contributed by atoms with Crippen LogP contribution in [-0.2, 0) is 9.59 Å². The molecule has 0 N–H and O–H groups in total. The van der Waals surface area contributed by atoms with Crippen molar-refractivity contribution in [2.75, 3.05) is 6.54 Å². The van der Waals surface area contributed by atoms with Crippen molar-refractivity contribution in [2.45, 2.75) is 23.6 Å². The number of benzene rings is 2. The highest BCUT2D eigenvalue weighted by Gasteiger charge is 2.37. The summed E-state index contributed by atoms with van der Waals surface area (Å²) in [5.74, 6) is -0.422. The molecule has 0 radical (unpaired) electrons. The first-order valence-corrected chi connectivity index (χ1v) is 8.26. The average Bonchev–Trinajstić information content (AvgIpc) is 2.98. The maximum absolute atomic E-state index is 13.2. The lowest BCUT2D eigenvalue weighted by molar-refractivity contribution is -0.135. The van der Waals surface area contributed by atoms with E-state index in [4.69, 9.17) is 0 Å². The number of carbonyl (C=O) groups is 2. The van der Waals surface area contributed by atoms with Gasteiger partial charge in [0.2, 0.25) is 5.91 Å². The molecule has 2 aromatic rings. The Hall–Kier alpha value is -2.07. The molecule has 4 heteroatoms. The van der Waals surface area contributed by atoms with E-state index in [-0.39, 0.29) is 17.2 Å². The Morgan fingerprint density at radius 3 is 2.04 bits per heavy atom. The van der Waals surface area contributed by atoms with Gasteiger partial charge in [-0.25, -0.2) is 0 Å². The van der Waals surface area contributed by atoms with Gasteiger partial charge < -0.3 is 9.69 Å². The minimum atomic E-state index is -0.390. The smallest absolute Gasteiger partial charge is 0.235 e. The van der Waals surface area contributed by atoms with Crippen molar-refractivity contribution in [2.24, 2.45) is 0 Å². The van der Waals surface area contributed by atoms with Crippen molar-refractivity contribution in [3.63, 3.8) is 0 Å². The van der Waals surface area contributed by atoms with Crippen molar-refractivity contribution < 1.29 is 9.59 Å². The predicted molar refractivity (Wildman–Crippen MR) is 93.7 cm³/mol. The predicted octanol–water partition coefficient (Wildman–Crippen LogP) is 2.92. The van der Waals surface area contributed by atoms with Gasteiger partial charge in [-0.1, -0.05) is 60.7 Å². The van der Waals surface area contributed by atoms with Crippen molar-refractivity contribution >= 4 is 24.8 Å². The van der Waals surface area contributed by atoms with Crippen LogP contribution in [0.2, 0.25) is 0 Å². The van der Waals surface area contributed by atoms with Crippen LogP contribution in [0.4, 0.5) is 0 Å². The van der Waals surface area contributed by atoms with Gasteiger partial charge in [0.1, 0.15) is 6.29 Å². The highest BCUT2D eigenvalue weighted by molar-refractivity contribution is 7.81. The van der Waals surface area contributed by atoms with Crippen LogP contribution in [0.3, 0.4) is 0 Å². The summed E-state index contributed by atoms with van der Waals surface area (Å²) in [5.41, 5.74) is 1.88. The molecule has 3 rings (SSSR count). The summed E-state index contributed by atoms with van der Waals surface area (Å²) in [6, 6.07) is 19.1. The van der Waals surface area contributed by atoms with Gasteiger partial charge in [0, 0.05) is 11.8 Å². The molecule has 3 nitrogen and oxygen atoms in total. The number of amides is 1. The molecule has 2 atom stereocenters. The van der Waals surface area contributed by atoms with Gasteiger partial charge in [-0.15, -0.1) is 0 Å². The second kappa shape index (κ2) is 7.01. The number of likely N-dealkylation sites (tertiary alicyclic amines) is 1. The van der Waals surface area contributed by atoms with Crippen LogP contribution in [0, 0.1) is 0 Å². The fourth-order valence-electron chi connectivity index (χ4n) is 3.16. The summed E-state index contributed by atoms with van der Waals surface area (Å²) in [5, 5.41) is 0.0568. The highest BCUT2D eigenvalue weighted by atomic mass is 32.1. The van der Waals surface area contributed by atoms with Gasteiger partial charge in [0.15, 0.2) is 0 Å². The number of aldehydes is 1. The minimum Gasteiger partial charge on any atom is -0.331 e. The first-order valence-electron chi connectivity index (χ1n) is 7.74. The molecule has 1 heterocycles. The van der Waals surface area contributed by atoms with Gasteiger partial charge in [0.25, 0.3) is 0 Å². The number of nitrogens with zero attached hydrogens (tertiary/aromatic N) is 1. The van der Waals surface area contributed by atoms with Crippen molar-refractivity contribution in [3.8, 4) is 0 Å². The second-order valence-corrected chi connectivity index (χ2v) is 6.57. The van der Waals surface area contributed by atoms with Gasteiger partial charge in [-0.2, -0.15) is 12.6 Å². The van der Waals surface area contributed by atoms with E-state index in [0.717, 1.165) is 17.4 Å². The fraction of sp³-hybridized carbons (Fsp3) is 0.263. The first kappa shape index (κ1) is 15.8. The molecule has 1 aliphatic rings. The molecule has 0 unspecified atom stereocenters. The van der Waals surface area contributed by atoms with Crippen LogP contribution in [0.5, 0.6) is 0 Å². The zero-order chi connectivity index (χ0) is 16.2. The van der Waals surface area contributed by atoms with Gasteiger partial charge >= 0.3 is 0 Å². The van der Waals surface area contributed by atoms with Crippen LogP contribution < -0.4 is 0 Å². The van der Waals surface area contributed by atoms with Gasteiger partial charge in [-0.05, 0) is 17.5 Å². The molecule has 2 aromatic carbocycles.